The molecule has 5 rings (SSSR count). The lowest BCUT2D eigenvalue weighted by Gasteiger charge is -2.67. The summed E-state index contributed by atoms with van der Waals surface area (Å²) < 4.78 is 22.9. The second-order valence-corrected chi connectivity index (χ2v) is 11.6. The number of hydrogen-bond donors (Lipinski definition) is 4. The Hall–Kier alpha value is -1.63. The van der Waals surface area contributed by atoms with Crippen molar-refractivity contribution in [2.24, 2.45) is 22.7 Å². The largest absolute Gasteiger partial charge is 0.461 e. The van der Waals surface area contributed by atoms with E-state index in [0.29, 0.717) is 0 Å². The summed E-state index contributed by atoms with van der Waals surface area (Å²) in [7, 11) is 0. The number of Topliss-reactive ketones (excluding diaryl/α,β-unsaturated/α-hetero) is 1. The zero-order valence-corrected chi connectivity index (χ0v) is 20.5. The second-order valence-electron chi connectivity index (χ2n) is 11.6. The van der Waals surface area contributed by atoms with Gasteiger partial charge in [0.2, 0.25) is 0 Å². The van der Waals surface area contributed by atoms with Crippen molar-refractivity contribution in [3.05, 3.63) is 0 Å². The Balaban J connectivity index is 1.77. The summed E-state index contributed by atoms with van der Waals surface area (Å²) in [6.45, 7) is 6.71. The van der Waals surface area contributed by atoms with E-state index in [1.165, 1.54) is 27.7 Å². The third-order valence-corrected chi connectivity index (χ3v) is 10.1. The summed E-state index contributed by atoms with van der Waals surface area (Å²) in [4.78, 5) is 38.5. The molecule has 2 aliphatic heterocycles. The van der Waals surface area contributed by atoms with Crippen LogP contribution in [0.3, 0.4) is 0 Å². The van der Waals surface area contributed by atoms with Crippen LogP contribution < -0.4 is 0 Å². The van der Waals surface area contributed by atoms with Gasteiger partial charge >= 0.3 is 11.9 Å². The molecule has 0 radical (unpaired) electrons. The summed E-state index contributed by atoms with van der Waals surface area (Å²) in [5.74, 6) is -4.24. The van der Waals surface area contributed by atoms with Crippen molar-refractivity contribution >= 4 is 17.7 Å². The topological polar surface area (TPSA) is 169 Å². The van der Waals surface area contributed by atoms with Gasteiger partial charge in [0.25, 0.3) is 0 Å². The van der Waals surface area contributed by atoms with Crippen molar-refractivity contribution < 1.29 is 53.8 Å². The molecule has 4 N–H and O–H groups in total. The molecule has 11 heteroatoms. The van der Waals surface area contributed by atoms with E-state index in [0.717, 1.165) is 0 Å². The lowest BCUT2D eigenvalue weighted by atomic mass is 9.42. The molecule has 0 unspecified atom stereocenters. The molecule has 5 fully saturated rings. The third kappa shape index (κ3) is 2.64. The molecular weight excluding hydrogens is 464 g/mol. The van der Waals surface area contributed by atoms with E-state index in [-0.39, 0.29) is 26.1 Å². The van der Waals surface area contributed by atoms with Crippen LogP contribution in [0, 0.1) is 22.7 Å². The van der Waals surface area contributed by atoms with Crippen LogP contribution in [0.5, 0.6) is 0 Å². The van der Waals surface area contributed by atoms with Gasteiger partial charge in [-0.05, 0) is 26.2 Å². The number of esters is 2. The van der Waals surface area contributed by atoms with Gasteiger partial charge in [0.05, 0.1) is 30.8 Å². The summed E-state index contributed by atoms with van der Waals surface area (Å²) in [6, 6.07) is 0. The molecular formula is C24H34O11. The molecule has 12 atom stereocenters. The quantitative estimate of drug-likeness (QED) is 0.339. The molecule has 4 bridgehead atoms. The number of fused-ring (bicyclic) bond motifs is 3. The zero-order chi connectivity index (χ0) is 25.9. The fourth-order valence-electron chi connectivity index (χ4n) is 8.19. The maximum absolute atomic E-state index is 14.3. The molecule has 0 aromatic rings. The summed E-state index contributed by atoms with van der Waals surface area (Å²) in [6.07, 6.45) is -6.69. The smallest absolute Gasteiger partial charge is 0.303 e. The minimum Gasteiger partial charge on any atom is -0.461 e. The molecule has 0 aromatic heterocycles. The molecule has 11 nitrogen and oxygen atoms in total. The number of aliphatic hydroxyl groups excluding tert-OH is 3. The van der Waals surface area contributed by atoms with E-state index >= 15 is 0 Å². The van der Waals surface area contributed by atoms with Crippen molar-refractivity contribution in [3.63, 3.8) is 0 Å². The van der Waals surface area contributed by atoms with Crippen LogP contribution in [0.25, 0.3) is 0 Å². The van der Waals surface area contributed by atoms with Crippen LogP contribution >= 0.6 is 0 Å². The Bertz CT molecular complexity index is 985. The van der Waals surface area contributed by atoms with Gasteiger partial charge in [-0.2, -0.15) is 0 Å². The fourth-order valence-corrected chi connectivity index (χ4v) is 8.19. The average molecular weight is 499 g/mol. The summed E-state index contributed by atoms with van der Waals surface area (Å²) in [5.41, 5.74) is -8.46. The van der Waals surface area contributed by atoms with E-state index in [1.54, 1.807) is 6.92 Å². The SMILES string of the molecule is CC(=O)O[C@H]1C[C@@H]2OC[C@@]2(OC(C)=O)[C@H]2[C@H](O)[C@@H]3C[C@H](O)[C@@]4(C)OC[C@]3(C)[C@@]4(O)[C@@H](O)C(=O)[C@]12C. The maximum atomic E-state index is 14.3. The van der Waals surface area contributed by atoms with E-state index in [9.17, 15) is 34.8 Å². The number of ketones is 1. The minimum atomic E-state index is -2.25. The first-order chi connectivity index (χ1) is 16.1. The first-order valence-corrected chi connectivity index (χ1v) is 12.0. The first kappa shape index (κ1) is 25.0. The van der Waals surface area contributed by atoms with Gasteiger partial charge in [-0.15, -0.1) is 0 Å². The van der Waals surface area contributed by atoms with Gasteiger partial charge in [-0.3, -0.25) is 14.4 Å². The number of carbonyl (C=O) groups excluding carboxylic acids is 3. The molecule has 0 aromatic carbocycles. The molecule has 3 aliphatic carbocycles. The number of aliphatic hydroxyl groups is 4. The highest BCUT2D eigenvalue weighted by Gasteiger charge is 2.83. The van der Waals surface area contributed by atoms with E-state index < -0.39 is 87.7 Å². The number of hydrogen-bond acceptors (Lipinski definition) is 11. The zero-order valence-electron chi connectivity index (χ0n) is 20.5. The lowest BCUT2D eigenvalue weighted by Crippen LogP contribution is -2.83. The Kier molecular flexibility index (Phi) is 5.17. The standard InChI is InChI=1S/C24H34O11/c1-10(25)34-14-7-15-23(9-32-15,35-11(2)26)17-16(28)12-6-13(27)22(5)24(31,20(12,3)8-33-22)19(30)18(29)21(14,17)4/h12-17,19,27-28,30-31H,6-9H2,1-5H3/t12-,13-,14-,15-,16+,17-,19-,20-,21+,22+,23-,24-/m0/s1. The molecule has 3 saturated carbocycles. The highest BCUT2D eigenvalue weighted by atomic mass is 16.6. The van der Waals surface area contributed by atoms with Gasteiger partial charge < -0.3 is 39.4 Å². The minimum absolute atomic E-state index is 0.00384. The van der Waals surface area contributed by atoms with E-state index in [2.05, 4.69) is 0 Å². The predicted molar refractivity (Wildman–Crippen MR) is 115 cm³/mol. The number of carbonyl (C=O) groups is 3. The van der Waals surface area contributed by atoms with Gasteiger partial charge in [-0.1, -0.05) is 6.92 Å². The Morgan fingerprint density at radius 2 is 1.69 bits per heavy atom. The molecule has 35 heavy (non-hydrogen) atoms. The maximum Gasteiger partial charge on any atom is 0.303 e. The second kappa shape index (κ2) is 7.23. The Morgan fingerprint density at radius 1 is 1.03 bits per heavy atom. The van der Waals surface area contributed by atoms with Crippen LogP contribution in [-0.2, 0) is 33.3 Å². The Morgan fingerprint density at radius 3 is 2.23 bits per heavy atom. The van der Waals surface area contributed by atoms with E-state index in [4.69, 9.17) is 18.9 Å². The molecule has 0 amide bonds. The number of rotatable bonds is 2. The van der Waals surface area contributed by atoms with Crippen LogP contribution in [0.1, 0.15) is 47.5 Å². The van der Waals surface area contributed by atoms with Crippen molar-refractivity contribution in [1.82, 2.24) is 0 Å². The summed E-state index contributed by atoms with van der Waals surface area (Å²) >= 11 is 0. The third-order valence-electron chi connectivity index (χ3n) is 10.1. The van der Waals surface area contributed by atoms with E-state index in [1.807, 2.05) is 0 Å². The molecule has 0 spiro atoms. The number of ether oxygens (including phenoxy) is 4. The van der Waals surface area contributed by atoms with Crippen LogP contribution in [0.2, 0.25) is 0 Å². The van der Waals surface area contributed by atoms with Crippen molar-refractivity contribution in [3.8, 4) is 0 Å². The molecule has 5 aliphatic rings. The highest BCUT2D eigenvalue weighted by Crippen LogP contribution is 2.67. The van der Waals surface area contributed by atoms with Crippen LogP contribution in [-0.4, -0.2) is 98.7 Å². The van der Waals surface area contributed by atoms with Gasteiger partial charge in [0, 0.05) is 31.6 Å². The monoisotopic (exact) mass is 498 g/mol. The predicted octanol–water partition coefficient (Wildman–Crippen LogP) is -1.14. The summed E-state index contributed by atoms with van der Waals surface area (Å²) in [5, 5.41) is 46.8. The van der Waals surface area contributed by atoms with Crippen LogP contribution in [0.4, 0.5) is 0 Å². The molecule has 196 valence electrons. The molecule has 2 saturated heterocycles. The highest BCUT2D eigenvalue weighted by molar-refractivity contribution is 5.92. The van der Waals surface area contributed by atoms with Crippen molar-refractivity contribution in [2.75, 3.05) is 13.2 Å². The van der Waals surface area contributed by atoms with Crippen molar-refractivity contribution in [1.29, 1.82) is 0 Å². The van der Waals surface area contributed by atoms with Crippen LogP contribution in [0.15, 0.2) is 0 Å². The average Bonchev–Trinajstić information content (AvgIpc) is 2.91. The van der Waals surface area contributed by atoms with Gasteiger partial charge in [0.15, 0.2) is 11.4 Å². The lowest BCUT2D eigenvalue weighted by molar-refractivity contribution is -0.348. The fraction of sp³-hybridized carbons (Fsp3) is 0.875. The van der Waals surface area contributed by atoms with Gasteiger partial charge in [0.1, 0.15) is 29.5 Å². The van der Waals surface area contributed by atoms with Crippen molar-refractivity contribution in [2.45, 2.75) is 94.8 Å². The Labute approximate surface area is 202 Å². The molecule has 2 heterocycles. The van der Waals surface area contributed by atoms with Gasteiger partial charge in [-0.25, -0.2) is 0 Å². The first-order valence-electron chi connectivity index (χ1n) is 12.0. The normalized spacial score (nSPS) is 56.6.